The van der Waals surface area contributed by atoms with Crippen LogP contribution in [0.5, 0.6) is 5.75 Å². The monoisotopic (exact) mass is 482 g/mol. The third kappa shape index (κ3) is 4.13. The zero-order valence-electron chi connectivity index (χ0n) is 19.7. The van der Waals surface area contributed by atoms with Crippen molar-refractivity contribution in [3.63, 3.8) is 0 Å². The summed E-state index contributed by atoms with van der Waals surface area (Å²) in [7, 11) is 0. The molecule has 4 heterocycles. The van der Waals surface area contributed by atoms with Crippen molar-refractivity contribution in [1.29, 1.82) is 0 Å². The quantitative estimate of drug-likeness (QED) is 0.544. The van der Waals surface area contributed by atoms with E-state index in [0.717, 1.165) is 24.3 Å². The summed E-state index contributed by atoms with van der Waals surface area (Å²) in [6.07, 6.45) is 2.44. The van der Waals surface area contributed by atoms with Gasteiger partial charge in [0, 0.05) is 37.8 Å². The average molecular weight is 483 g/mol. The molecule has 1 aromatic heterocycles. The number of ether oxygens (including phenoxy) is 1. The van der Waals surface area contributed by atoms with Crippen LogP contribution in [0.4, 0.5) is 0 Å². The average Bonchev–Trinajstić information content (AvgIpc) is 3.19. The molecule has 3 aliphatic rings. The maximum Gasteiger partial charge on any atom is 0.255 e. The van der Waals surface area contributed by atoms with Gasteiger partial charge in [-0.05, 0) is 47.9 Å². The van der Waals surface area contributed by atoms with Gasteiger partial charge in [0.05, 0.1) is 11.7 Å². The number of nitrogens with zero attached hydrogens (tertiary/aromatic N) is 3. The normalized spacial score (nSPS) is 21.1. The van der Waals surface area contributed by atoms with Gasteiger partial charge in [0.2, 0.25) is 11.8 Å². The Morgan fingerprint density at radius 1 is 0.972 bits per heavy atom. The third-order valence-corrected chi connectivity index (χ3v) is 7.12. The van der Waals surface area contributed by atoms with E-state index in [9.17, 15) is 14.4 Å². The summed E-state index contributed by atoms with van der Waals surface area (Å²) in [5.74, 6) is -0.158. The van der Waals surface area contributed by atoms with E-state index >= 15 is 0 Å². The highest BCUT2D eigenvalue weighted by atomic mass is 16.5. The highest BCUT2D eigenvalue weighted by molar-refractivity contribution is 6.05. The zero-order chi connectivity index (χ0) is 24.6. The summed E-state index contributed by atoms with van der Waals surface area (Å²) in [6, 6.07) is 21.3. The first-order chi connectivity index (χ1) is 17.6. The second-order valence-corrected chi connectivity index (χ2v) is 9.48. The van der Waals surface area contributed by atoms with Crippen molar-refractivity contribution in [2.45, 2.75) is 37.6 Å². The number of carbonyl (C=O) groups excluding carboxylic acids is 3. The van der Waals surface area contributed by atoms with Gasteiger partial charge in [-0.25, -0.2) is 0 Å². The highest BCUT2D eigenvalue weighted by Gasteiger charge is 2.40. The molecule has 3 aromatic rings. The fourth-order valence-electron chi connectivity index (χ4n) is 5.31. The Morgan fingerprint density at radius 3 is 2.53 bits per heavy atom. The summed E-state index contributed by atoms with van der Waals surface area (Å²) in [5, 5.41) is 2.34. The number of likely N-dealkylation sites (tertiary alicyclic amines) is 1. The number of pyridine rings is 1. The molecule has 6 rings (SSSR count). The number of benzene rings is 2. The molecule has 0 radical (unpaired) electrons. The van der Waals surface area contributed by atoms with Crippen molar-refractivity contribution >= 4 is 17.7 Å². The lowest BCUT2D eigenvalue weighted by Gasteiger charge is -2.43. The number of fused-ring (bicyclic) bond motifs is 1. The molecule has 36 heavy (non-hydrogen) atoms. The Bertz CT molecular complexity index is 1270. The van der Waals surface area contributed by atoms with E-state index in [1.165, 1.54) is 5.56 Å². The Labute approximate surface area is 208 Å². The maximum atomic E-state index is 12.9. The third-order valence-electron chi connectivity index (χ3n) is 7.12. The topological polar surface area (TPSA) is 91.8 Å². The van der Waals surface area contributed by atoms with Crippen LogP contribution in [0, 0.1) is 0 Å². The van der Waals surface area contributed by atoms with Gasteiger partial charge in [-0.3, -0.25) is 29.6 Å². The highest BCUT2D eigenvalue weighted by Crippen LogP contribution is 2.34. The molecule has 2 atom stereocenters. The molecule has 0 bridgehead atoms. The maximum absolute atomic E-state index is 12.9. The molecule has 2 fully saturated rings. The zero-order valence-corrected chi connectivity index (χ0v) is 19.7. The first-order valence-electron chi connectivity index (χ1n) is 12.2. The minimum absolute atomic E-state index is 0.0290. The number of hydrogen-bond acceptors (Lipinski definition) is 6. The molecule has 0 spiro atoms. The molecule has 1 N–H and O–H groups in total. The van der Waals surface area contributed by atoms with Gasteiger partial charge in [-0.15, -0.1) is 0 Å². The Hall–Kier alpha value is -4.04. The van der Waals surface area contributed by atoms with Crippen molar-refractivity contribution in [3.05, 3.63) is 95.3 Å². The van der Waals surface area contributed by atoms with Crippen LogP contribution in [-0.4, -0.2) is 57.7 Å². The molecule has 3 amide bonds. The summed E-state index contributed by atoms with van der Waals surface area (Å²) >= 11 is 0. The van der Waals surface area contributed by atoms with Crippen LogP contribution in [0.1, 0.15) is 46.1 Å². The lowest BCUT2D eigenvalue weighted by atomic mass is 9.97. The van der Waals surface area contributed by atoms with Crippen molar-refractivity contribution in [1.82, 2.24) is 20.1 Å². The van der Waals surface area contributed by atoms with E-state index in [4.69, 9.17) is 4.74 Å². The van der Waals surface area contributed by atoms with Gasteiger partial charge < -0.3 is 9.64 Å². The van der Waals surface area contributed by atoms with Crippen LogP contribution >= 0.6 is 0 Å². The molecule has 8 heteroatoms. The molecular formula is C28H26N4O4. The van der Waals surface area contributed by atoms with Crippen molar-refractivity contribution in [2.24, 2.45) is 0 Å². The van der Waals surface area contributed by atoms with Gasteiger partial charge in [-0.1, -0.05) is 36.4 Å². The van der Waals surface area contributed by atoms with Gasteiger partial charge in [0.15, 0.2) is 0 Å². The molecule has 2 unspecified atom stereocenters. The van der Waals surface area contributed by atoms with Crippen LogP contribution < -0.4 is 10.1 Å². The van der Waals surface area contributed by atoms with E-state index in [1.807, 2.05) is 48.7 Å². The van der Waals surface area contributed by atoms with Crippen molar-refractivity contribution < 1.29 is 19.1 Å². The van der Waals surface area contributed by atoms with Crippen molar-refractivity contribution in [3.8, 4) is 5.75 Å². The standard InChI is InChI=1S/C28H26N4O4/c33-25-12-11-24(27(34)30-25)32-15-19-14-20(9-10-22(19)28(32)35)36-21-16-31(17-21)26(18-6-2-1-3-7-18)23-8-4-5-13-29-23/h1-10,13-14,21,24,26H,11-12,15-17H2,(H,30,33,34). The predicted molar refractivity (Wildman–Crippen MR) is 131 cm³/mol. The minimum Gasteiger partial charge on any atom is -0.488 e. The molecule has 0 aliphatic carbocycles. The van der Waals surface area contributed by atoms with Gasteiger partial charge >= 0.3 is 0 Å². The van der Waals surface area contributed by atoms with Gasteiger partial charge in [0.1, 0.15) is 17.9 Å². The molecular weight excluding hydrogens is 456 g/mol. The summed E-state index contributed by atoms with van der Waals surface area (Å²) < 4.78 is 6.26. The number of carbonyl (C=O) groups is 3. The van der Waals surface area contributed by atoms with Gasteiger partial charge in [-0.2, -0.15) is 0 Å². The predicted octanol–water partition coefficient (Wildman–Crippen LogP) is 2.70. The van der Waals surface area contributed by atoms with Crippen LogP contribution in [0.2, 0.25) is 0 Å². The molecule has 8 nitrogen and oxygen atoms in total. The Morgan fingerprint density at radius 2 is 1.78 bits per heavy atom. The first-order valence-corrected chi connectivity index (χ1v) is 12.2. The molecule has 3 aliphatic heterocycles. The SMILES string of the molecule is O=C1CCC(N2Cc3cc(OC4CN(C(c5ccccc5)c5ccccn5)C4)ccc3C2=O)C(=O)N1. The van der Waals surface area contributed by atoms with E-state index in [-0.39, 0.29) is 30.4 Å². The van der Waals surface area contributed by atoms with E-state index in [2.05, 4.69) is 33.4 Å². The van der Waals surface area contributed by atoms with E-state index < -0.39 is 11.9 Å². The first kappa shape index (κ1) is 22.4. The number of amides is 3. The largest absolute Gasteiger partial charge is 0.488 e. The lowest BCUT2D eigenvalue weighted by molar-refractivity contribution is -0.136. The fourth-order valence-corrected chi connectivity index (χ4v) is 5.31. The van der Waals surface area contributed by atoms with E-state index in [0.29, 0.717) is 24.3 Å². The minimum atomic E-state index is -0.617. The Balaban J connectivity index is 1.12. The van der Waals surface area contributed by atoms with Crippen molar-refractivity contribution in [2.75, 3.05) is 13.1 Å². The molecule has 0 saturated carbocycles. The lowest BCUT2D eigenvalue weighted by Crippen LogP contribution is -2.55. The molecule has 2 aromatic carbocycles. The number of imide groups is 1. The van der Waals surface area contributed by atoms with Crippen LogP contribution in [0.3, 0.4) is 0 Å². The second kappa shape index (κ2) is 9.20. The van der Waals surface area contributed by atoms with Crippen LogP contribution in [0.15, 0.2) is 72.9 Å². The fraction of sp³-hybridized carbons (Fsp3) is 0.286. The number of hydrogen-bond donors (Lipinski definition) is 1. The second-order valence-electron chi connectivity index (χ2n) is 9.48. The molecule has 2 saturated heterocycles. The number of rotatable bonds is 6. The number of aromatic nitrogens is 1. The van der Waals surface area contributed by atoms with E-state index in [1.54, 1.807) is 11.0 Å². The van der Waals surface area contributed by atoms with Crippen LogP contribution in [-0.2, 0) is 16.1 Å². The van der Waals surface area contributed by atoms with Gasteiger partial charge in [0.25, 0.3) is 5.91 Å². The molecule has 182 valence electrons. The number of nitrogens with one attached hydrogen (secondary N) is 1. The smallest absolute Gasteiger partial charge is 0.255 e. The summed E-state index contributed by atoms with van der Waals surface area (Å²) in [4.78, 5) is 45.2. The summed E-state index contributed by atoms with van der Waals surface area (Å²) in [6.45, 7) is 1.85. The number of piperidine rings is 1. The Kier molecular flexibility index (Phi) is 5.73. The summed E-state index contributed by atoms with van der Waals surface area (Å²) in [5.41, 5.74) is 3.63. The van der Waals surface area contributed by atoms with Crippen LogP contribution in [0.25, 0.3) is 0 Å².